The van der Waals surface area contributed by atoms with Crippen molar-refractivity contribution in [3.8, 4) is 0 Å². The van der Waals surface area contributed by atoms with E-state index in [0.29, 0.717) is 12.6 Å². The van der Waals surface area contributed by atoms with Gasteiger partial charge in [-0.25, -0.2) is 0 Å². The van der Waals surface area contributed by atoms with Crippen molar-refractivity contribution in [2.24, 2.45) is 0 Å². The first-order chi connectivity index (χ1) is 9.08. The quantitative estimate of drug-likeness (QED) is 0.900. The molecule has 1 N–H and O–H groups in total. The number of nitrogens with zero attached hydrogens (tertiary/aromatic N) is 2. The average molecular weight is 261 g/mol. The molecule has 0 bridgehead atoms. The predicted molar refractivity (Wildman–Crippen MR) is 75.7 cm³/mol. The molecule has 1 aliphatic rings. The van der Waals surface area contributed by atoms with Crippen molar-refractivity contribution in [3.63, 3.8) is 0 Å². The molecule has 1 unspecified atom stereocenters. The molecule has 1 fully saturated rings. The summed E-state index contributed by atoms with van der Waals surface area (Å²) in [5.74, 6) is 0.213. The van der Waals surface area contributed by atoms with Crippen molar-refractivity contribution in [3.05, 3.63) is 29.6 Å². The van der Waals surface area contributed by atoms with Crippen LogP contribution in [-0.4, -0.2) is 34.4 Å². The van der Waals surface area contributed by atoms with Gasteiger partial charge in [-0.05, 0) is 31.4 Å². The van der Waals surface area contributed by atoms with Crippen LogP contribution in [0.15, 0.2) is 18.3 Å². The molecule has 104 valence electrons. The molecule has 0 spiro atoms. The maximum atomic E-state index is 12.4. The summed E-state index contributed by atoms with van der Waals surface area (Å²) in [4.78, 5) is 18.7. The number of rotatable bonds is 4. The zero-order valence-electron chi connectivity index (χ0n) is 12.0. The highest BCUT2D eigenvalue weighted by Gasteiger charge is 2.29. The van der Waals surface area contributed by atoms with E-state index in [0.717, 1.165) is 30.6 Å². The van der Waals surface area contributed by atoms with Crippen LogP contribution < -0.4 is 5.32 Å². The Morgan fingerprint density at radius 3 is 3.00 bits per heavy atom. The summed E-state index contributed by atoms with van der Waals surface area (Å²) in [6.07, 6.45) is 3.79. The molecule has 4 heteroatoms. The normalized spacial score (nSPS) is 20.1. The predicted octanol–water partition coefficient (Wildman–Crippen LogP) is 1.88. The minimum atomic E-state index is -0.0298. The van der Waals surface area contributed by atoms with Crippen molar-refractivity contribution >= 4 is 5.91 Å². The molecule has 2 rings (SSSR count). The topological polar surface area (TPSA) is 45.2 Å². The third-order valence-corrected chi connectivity index (χ3v) is 3.52. The molecule has 1 amide bonds. The molecule has 1 atom stereocenters. The van der Waals surface area contributed by atoms with Gasteiger partial charge in [-0.1, -0.05) is 19.9 Å². The van der Waals surface area contributed by atoms with Crippen molar-refractivity contribution in [1.29, 1.82) is 0 Å². The first-order valence-corrected chi connectivity index (χ1v) is 7.03. The van der Waals surface area contributed by atoms with Crippen LogP contribution in [0.3, 0.4) is 0 Å². The Morgan fingerprint density at radius 1 is 1.53 bits per heavy atom. The number of hydrogen-bond donors (Lipinski definition) is 1. The lowest BCUT2D eigenvalue weighted by atomic mass is 10.0. The van der Waals surface area contributed by atoms with E-state index in [9.17, 15) is 4.79 Å². The summed E-state index contributed by atoms with van der Waals surface area (Å²) < 4.78 is 0. The van der Waals surface area contributed by atoms with Crippen LogP contribution in [0.1, 0.15) is 37.9 Å². The molecule has 1 saturated heterocycles. The third-order valence-electron chi connectivity index (χ3n) is 3.52. The second kappa shape index (κ2) is 6.15. The standard InChI is InChI=1S/C15H23N3O/c1-11(2)17-13-7-5-9-18(15(13)19)10-14-12(3)6-4-8-16-14/h4,6,8,11,13,17H,5,7,9-10H2,1-3H3. The Bertz CT molecular complexity index is 445. The molecule has 0 radical (unpaired) electrons. The van der Waals surface area contributed by atoms with E-state index in [-0.39, 0.29) is 11.9 Å². The Balaban J connectivity index is 2.04. The van der Waals surface area contributed by atoms with Crippen LogP contribution >= 0.6 is 0 Å². The fraction of sp³-hybridized carbons (Fsp3) is 0.600. The van der Waals surface area contributed by atoms with Gasteiger partial charge in [0.05, 0.1) is 18.3 Å². The third kappa shape index (κ3) is 3.53. The van der Waals surface area contributed by atoms with Gasteiger partial charge in [-0.3, -0.25) is 9.78 Å². The zero-order valence-corrected chi connectivity index (χ0v) is 12.0. The van der Waals surface area contributed by atoms with Crippen molar-refractivity contribution in [2.45, 2.75) is 52.2 Å². The van der Waals surface area contributed by atoms with Crippen LogP contribution in [-0.2, 0) is 11.3 Å². The van der Waals surface area contributed by atoms with Gasteiger partial charge in [0.15, 0.2) is 0 Å². The number of aromatic nitrogens is 1. The van der Waals surface area contributed by atoms with Gasteiger partial charge < -0.3 is 10.2 Å². The molecule has 2 heterocycles. The van der Waals surface area contributed by atoms with Crippen molar-refractivity contribution < 1.29 is 4.79 Å². The highest BCUT2D eigenvalue weighted by atomic mass is 16.2. The molecule has 1 aromatic rings. The smallest absolute Gasteiger partial charge is 0.240 e. The minimum absolute atomic E-state index is 0.0298. The molecular weight excluding hydrogens is 238 g/mol. The Kier molecular flexibility index (Phi) is 4.53. The van der Waals surface area contributed by atoms with E-state index in [1.807, 2.05) is 24.0 Å². The molecule has 1 aliphatic heterocycles. The van der Waals surface area contributed by atoms with E-state index in [4.69, 9.17) is 0 Å². The number of carbonyl (C=O) groups excluding carboxylic acids is 1. The van der Waals surface area contributed by atoms with Gasteiger partial charge in [0, 0.05) is 18.8 Å². The summed E-state index contributed by atoms with van der Waals surface area (Å²) >= 11 is 0. The first-order valence-electron chi connectivity index (χ1n) is 7.03. The fourth-order valence-corrected chi connectivity index (χ4v) is 2.52. The molecule has 0 aromatic carbocycles. The van der Waals surface area contributed by atoms with E-state index in [2.05, 4.69) is 24.1 Å². The van der Waals surface area contributed by atoms with Crippen LogP contribution in [0.4, 0.5) is 0 Å². The molecule has 19 heavy (non-hydrogen) atoms. The van der Waals surface area contributed by atoms with Crippen LogP contribution in [0.5, 0.6) is 0 Å². The second-order valence-electron chi connectivity index (χ2n) is 5.54. The molecule has 0 saturated carbocycles. The van der Waals surface area contributed by atoms with Gasteiger partial charge >= 0.3 is 0 Å². The van der Waals surface area contributed by atoms with Crippen LogP contribution in [0.25, 0.3) is 0 Å². The molecule has 0 aliphatic carbocycles. The number of nitrogens with one attached hydrogen (secondary N) is 1. The SMILES string of the molecule is Cc1cccnc1CN1CCCC(NC(C)C)C1=O. The van der Waals surface area contributed by atoms with Gasteiger partial charge in [0.25, 0.3) is 0 Å². The summed E-state index contributed by atoms with van der Waals surface area (Å²) in [7, 11) is 0. The van der Waals surface area contributed by atoms with Crippen LogP contribution in [0, 0.1) is 6.92 Å². The maximum Gasteiger partial charge on any atom is 0.240 e. The number of hydrogen-bond acceptors (Lipinski definition) is 3. The average Bonchev–Trinajstić information content (AvgIpc) is 2.36. The summed E-state index contributed by atoms with van der Waals surface area (Å²) in [5, 5.41) is 3.35. The zero-order chi connectivity index (χ0) is 13.8. The number of amides is 1. The van der Waals surface area contributed by atoms with Crippen LogP contribution in [0.2, 0.25) is 0 Å². The highest BCUT2D eigenvalue weighted by Crippen LogP contribution is 2.16. The number of pyridine rings is 1. The van der Waals surface area contributed by atoms with Crippen molar-refractivity contribution in [1.82, 2.24) is 15.2 Å². The van der Waals surface area contributed by atoms with Gasteiger partial charge in [0.1, 0.15) is 0 Å². The lowest BCUT2D eigenvalue weighted by Gasteiger charge is -2.33. The van der Waals surface area contributed by atoms with E-state index in [1.54, 1.807) is 6.20 Å². The largest absolute Gasteiger partial charge is 0.335 e. The molecule has 1 aromatic heterocycles. The van der Waals surface area contributed by atoms with Crippen molar-refractivity contribution in [2.75, 3.05) is 6.54 Å². The number of carbonyl (C=O) groups is 1. The molecule has 4 nitrogen and oxygen atoms in total. The lowest BCUT2D eigenvalue weighted by Crippen LogP contribution is -2.52. The lowest BCUT2D eigenvalue weighted by molar-refractivity contribution is -0.136. The van der Waals surface area contributed by atoms with Gasteiger partial charge in [-0.2, -0.15) is 0 Å². The number of aryl methyl sites for hydroxylation is 1. The Labute approximate surface area is 115 Å². The van der Waals surface area contributed by atoms with Gasteiger partial charge in [0.2, 0.25) is 5.91 Å². The van der Waals surface area contributed by atoms with E-state index >= 15 is 0 Å². The van der Waals surface area contributed by atoms with E-state index < -0.39 is 0 Å². The number of piperidine rings is 1. The maximum absolute atomic E-state index is 12.4. The summed E-state index contributed by atoms with van der Waals surface area (Å²) in [6.45, 7) is 7.66. The van der Waals surface area contributed by atoms with Gasteiger partial charge in [-0.15, -0.1) is 0 Å². The monoisotopic (exact) mass is 261 g/mol. The van der Waals surface area contributed by atoms with E-state index in [1.165, 1.54) is 0 Å². The Hall–Kier alpha value is -1.42. The summed E-state index contributed by atoms with van der Waals surface area (Å²) in [5.41, 5.74) is 2.15. The highest BCUT2D eigenvalue weighted by molar-refractivity contribution is 5.82. The second-order valence-corrected chi connectivity index (χ2v) is 5.54. The molecular formula is C15H23N3O. The summed E-state index contributed by atoms with van der Waals surface area (Å²) in [6, 6.07) is 4.28. The fourth-order valence-electron chi connectivity index (χ4n) is 2.52. The minimum Gasteiger partial charge on any atom is -0.335 e. The Morgan fingerprint density at radius 2 is 2.32 bits per heavy atom. The number of likely N-dealkylation sites (tertiary alicyclic amines) is 1. The first kappa shape index (κ1) is 14.0.